The van der Waals surface area contributed by atoms with Crippen molar-refractivity contribution in [1.29, 1.82) is 0 Å². The van der Waals surface area contributed by atoms with Crippen LogP contribution in [0.15, 0.2) is 30.3 Å². The number of carbonyl (C=O) groups is 2. The third-order valence-corrected chi connectivity index (χ3v) is 3.07. The van der Waals surface area contributed by atoms with Gasteiger partial charge in [0.1, 0.15) is 0 Å². The number of esters is 1. The van der Waals surface area contributed by atoms with E-state index >= 15 is 0 Å². The summed E-state index contributed by atoms with van der Waals surface area (Å²) in [5.41, 5.74) is 6.17. The summed E-state index contributed by atoms with van der Waals surface area (Å²) < 4.78 is 4.74. The van der Waals surface area contributed by atoms with Crippen molar-refractivity contribution in [3.05, 3.63) is 35.9 Å². The van der Waals surface area contributed by atoms with Crippen LogP contribution in [-0.4, -0.2) is 25.0 Å². The Kier molecular flexibility index (Phi) is 5.27. The molecule has 5 heteroatoms. The van der Waals surface area contributed by atoms with Crippen LogP contribution in [0, 0.1) is 5.41 Å². The molecule has 20 heavy (non-hydrogen) atoms. The number of rotatable bonds is 4. The molecule has 3 N–H and O–H groups in total. The van der Waals surface area contributed by atoms with Crippen molar-refractivity contribution in [2.75, 3.05) is 7.11 Å². The Hall–Kier alpha value is -1.88. The van der Waals surface area contributed by atoms with Crippen molar-refractivity contribution in [1.82, 2.24) is 5.32 Å². The fraction of sp³-hybridized carbons (Fsp3) is 0.467. The first-order chi connectivity index (χ1) is 9.27. The maximum atomic E-state index is 12.1. The van der Waals surface area contributed by atoms with E-state index < -0.39 is 18.1 Å². The second-order valence-corrected chi connectivity index (χ2v) is 5.72. The first kappa shape index (κ1) is 16.2. The lowest BCUT2D eigenvalue weighted by Crippen LogP contribution is -2.50. The minimum Gasteiger partial charge on any atom is -0.467 e. The first-order valence-corrected chi connectivity index (χ1v) is 6.46. The second kappa shape index (κ2) is 6.52. The van der Waals surface area contributed by atoms with E-state index in [0.29, 0.717) is 5.56 Å². The molecule has 1 aromatic rings. The second-order valence-electron chi connectivity index (χ2n) is 5.72. The van der Waals surface area contributed by atoms with Crippen molar-refractivity contribution >= 4 is 11.9 Å². The topological polar surface area (TPSA) is 81.4 Å². The van der Waals surface area contributed by atoms with Crippen LogP contribution in [-0.2, 0) is 14.3 Å². The van der Waals surface area contributed by atoms with Crippen LogP contribution in [0.25, 0.3) is 0 Å². The lowest BCUT2D eigenvalue weighted by molar-refractivity contribution is -0.145. The molecule has 0 bridgehead atoms. The minimum atomic E-state index is -0.845. The highest BCUT2D eigenvalue weighted by Crippen LogP contribution is 2.19. The van der Waals surface area contributed by atoms with Crippen LogP contribution in [0.1, 0.15) is 32.4 Å². The van der Waals surface area contributed by atoms with Gasteiger partial charge in [0, 0.05) is 0 Å². The number of hydrogen-bond donors (Lipinski definition) is 2. The molecule has 0 heterocycles. The van der Waals surface area contributed by atoms with Gasteiger partial charge in [-0.2, -0.15) is 0 Å². The molecule has 110 valence electrons. The number of carbonyl (C=O) groups excluding carboxylic acids is 2. The Morgan fingerprint density at radius 2 is 1.75 bits per heavy atom. The summed E-state index contributed by atoms with van der Waals surface area (Å²) in [6.07, 6.45) is 0. The quantitative estimate of drug-likeness (QED) is 0.815. The van der Waals surface area contributed by atoms with Crippen LogP contribution in [0.2, 0.25) is 0 Å². The van der Waals surface area contributed by atoms with Crippen LogP contribution in [0.3, 0.4) is 0 Å². The zero-order valence-electron chi connectivity index (χ0n) is 12.3. The fourth-order valence-corrected chi connectivity index (χ4v) is 1.67. The van der Waals surface area contributed by atoms with E-state index in [9.17, 15) is 9.59 Å². The van der Waals surface area contributed by atoms with E-state index in [1.54, 1.807) is 24.3 Å². The highest BCUT2D eigenvalue weighted by Gasteiger charge is 2.31. The predicted octanol–water partition coefficient (Wildman–Crippen LogP) is 1.39. The van der Waals surface area contributed by atoms with Gasteiger partial charge in [0.2, 0.25) is 5.91 Å². The molecule has 1 amide bonds. The van der Waals surface area contributed by atoms with Crippen molar-refractivity contribution in [3.63, 3.8) is 0 Å². The summed E-state index contributed by atoms with van der Waals surface area (Å²) in [4.78, 5) is 24.0. The maximum absolute atomic E-state index is 12.1. The Labute approximate surface area is 119 Å². The molecule has 0 aliphatic carbocycles. The van der Waals surface area contributed by atoms with E-state index in [-0.39, 0.29) is 11.3 Å². The van der Waals surface area contributed by atoms with Crippen LogP contribution in [0.4, 0.5) is 0 Å². The monoisotopic (exact) mass is 278 g/mol. The van der Waals surface area contributed by atoms with E-state index in [4.69, 9.17) is 10.5 Å². The summed E-state index contributed by atoms with van der Waals surface area (Å²) in [5.74, 6) is -0.901. The zero-order chi connectivity index (χ0) is 15.3. The number of nitrogens with two attached hydrogens (primary N) is 1. The molecule has 0 aliphatic rings. The Morgan fingerprint density at radius 1 is 1.20 bits per heavy atom. The SMILES string of the molecule is COC(=O)C(NC(=O)[C@H](N)C(C)(C)C)c1ccccc1. The number of nitrogens with one attached hydrogen (secondary N) is 1. The van der Waals surface area contributed by atoms with E-state index in [1.807, 2.05) is 26.8 Å². The summed E-state index contributed by atoms with van der Waals surface area (Å²) in [5, 5.41) is 2.65. The third kappa shape index (κ3) is 4.06. The summed E-state index contributed by atoms with van der Waals surface area (Å²) in [7, 11) is 1.29. The first-order valence-electron chi connectivity index (χ1n) is 6.46. The van der Waals surface area contributed by atoms with Gasteiger partial charge in [-0.15, -0.1) is 0 Å². The average Bonchev–Trinajstić information content (AvgIpc) is 2.42. The van der Waals surface area contributed by atoms with Gasteiger partial charge in [0.05, 0.1) is 13.2 Å². The molecule has 0 aliphatic heterocycles. The van der Waals surface area contributed by atoms with Gasteiger partial charge in [-0.1, -0.05) is 51.1 Å². The molecule has 1 unspecified atom stereocenters. The Morgan fingerprint density at radius 3 is 2.20 bits per heavy atom. The standard InChI is InChI=1S/C15H22N2O3/c1-15(2,3)12(16)13(18)17-11(14(19)20-4)10-8-6-5-7-9-10/h5-9,11-12H,16H2,1-4H3,(H,17,18)/t11?,12-/m0/s1. The molecule has 2 atom stereocenters. The van der Waals surface area contributed by atoms with E-state index in [2.05, 4.69) is 5.32 Å². The largest absolute Gasteiger partial charge is 0.467 e. The van der Waals surface area contributed by atoms with Gasteiger partial charge < -0.3 is 15.8 Å². The van der Waals surface area contributed by atoms with Gasteiger partial charge in [-0.05, 0) is 11.0 Å². The molecule has 0 saturated carbocycles. The molecule has 0 saturated heterocycles. The fourth-order valence-electron chi connectivity index (χ4n) is 1.67. The van der Waals surface area contributed by atoms with Crippen molar-refractivity contribution in [2.24, 2.45) is 11.1 Å². The lowest BCUT2D eigenvalue weighted by Gasteiger charge is -2.27. The van der Waals surface area contributed by atoms with Crippen molar-refractivity contribution in [3.8, 4) is 0 Å². The molecule has 5 nitrogen and oxygen atoms in total. The van der Waals surface area contributed by atoms with Crippen LogP contribution in [0.5, 0.6) is 0 Å². The van der Waals surface area contributed by atoms with Crippen LogP contribution >= 0.6 is 0 Å². The number of ether oxygens (including phenoxy) is 1. The molecule has 1 aromatic carbocycles. The predicted molar refractivity (Wildman–Crippen MR) is 76.8 cm³/mol. The van der Waals surface area contributed by atoms with Crippen LogP contribution < -0.4 is 11.1 Å². The number of methoxy groups -OCH3 is 1. The Balaban J connectivity index is 2.93. The number of amides is 1. The average molecular weight is 278 g/mol. The zero-order valence-corrected chi connectivity index (χ0v) is 12.3. The summed E-state index contributed by atoms with van der Waals surface area (Å²) in [6, 6.07) is 7.37. The van der Waals surface area contributed by atoms with Gasteiger partial charge in [-0.3, -0.25) is 4.79 Å². The molecule has 0 fully saturated rings. The van der Waals surface area contributed by atoms with Gasteiger partial charge in [-0.25, -0.2) is 4.79 Å². The molecule has 1 rings (SSSR count). The van der Waals surface area contributed by atoms with Gasteiger partial charge in [0.15, 0.2) is 6.04 Å². The minimum absolute atomic E-state index is 0.378. The molecular formula is C15H22N2O3. The smallest absolute Gasteiger partial charge is 0.333 e. The summed E-state index contributed by atoms with van der Waals surface area (Å²) >= 11 is 0. The van der Waals surface area contributed by atoms with E-state index in [1.165, 1.54) is 7.11 Å². The normalized spacial score (nSPS) is 14.2. The lowest BCUT2D eigenvalue weighted by atomic mass is 9.86. The number of benzene rings is 1. The number of hydrogen-bond acceptors (Lipinski definition) is 4. The molecule has 0 spiro atoms. The molecule has 0 aromatic heterocycles. The van der Waals surface area contributed by atoms with Crippen molar-refractivity contribution < 1.29 is 14.3 Å². The van der Waals surface area contributed by atoms with Crippen molar-refractivity contribution in [2.45, 2.75) is 32.9 Å². The third-order valence-electron chi connectivity index (χ3n) is 3.07. The molecular weight excluding hydrogens is 256 g/mol. The molecule has 0 radical (unpaired) electrons. The highest BCUT2D eigenvalue weighted by atomic mass is 16.5. The van der Waals surface area contributed by atoms with Gasteiger partial charge >= 0.3 is 5.97 Å². The van der Waals surface area contributed by atoms with Gasteiger partial charge in [0.25, 0.3) is 0 Å². The maximum Gasteiger partial charge on any atom is 0.333 e. The Bertz CT molecular complexity index is 466. The van der Waals surface area contributed by atoms with E-state index in [0.717, 1.165) is 0 Å². The summed E-state index contributed by atoms with van der Waals surface area (Å²) in [6.45, 7) is 5.60. The highest BCUT2D eigenvalue weighted by molar-refractivity contribution is 5.88.